The van der Waals surface area contributed by atoms with E-state index in [-0.39, 0.29) is 6.04 Å². The van der Waals surface area contributed by atoms with Crippen LogP contribution in [0.4, 0.5) is 0 Å². The summed E-state index contributed by atoms with van der Waals surface area (Å²) in [5, 5.41) is 4.40. The number of rotatable bonds is 2. The minimum absolute atomic E-state index is 0.374. The average molecular weight is 224 g/mol. The zero-order valence-corrected chi connectivity index (χ0v) is 8.90. The van der Waals surface area contributed by atoms with E-state index in [1.807, 2.05) is 19.1 Å². The summed E-state index contributed by atoms with van der Waals surface area (Å²) in [6, 6.07) is 5.15. The Morgan fingerprint density at radius 3 is 2.87 bits per heavy atom. The highest BCUT2D eigenvalue weighted by Gasteiger charge is 2.15. The topological polar surface area (TPSA) is 64.9 Å². The first-order valence-electron chi connectivity index (χ1n) is 4.46. The molecule has 1 aromatic carbocycles. The van der Waals surface area contributed by atoms with E-state index in [0.717, 1.165) is 11.1 Å². The molecule has 5 heteroatoms. The monoisotopic (exact) mass is 223 g/mol. The maximum Gasteiger partial charge on any atom is 0.213 e. The van der Waals surface area contributed by atoms with Crippen molar-refractivity contribution in [3.63, 3.8) is 0 Å². The molecular weight excluding hydrogens is 214 g/mol. The second-order valence-electron chi connectivity index (χ2n) is 3.27. The van der Waals surface area contributed by atoms with Gasteiger partial charge in [0.2, 0.25) is 6.39 Å². The Morgan fingerprint density at radius 2 is 2.27 bits per heavy atom. The van der Waals surface area contributed by atoms with Gasteiger partial charge in [-0.3, -0.25) is 0 Å². The standard InChI is InChI=1S/C10H10ClN3O/c1-6-4-7(11)2-3-8(6)9(12)10-13-5-15-14-10/h2-5,9H,12H2,1H3. The first kappa shape index (κ1) is 10.1. The van der Waals surface area contributed by atoms with Crippen molar-refractivity contribution in [1.29, 1.82) is 0 Å². The van der Waals surface area contributed by atoms with Gasteiger partial charge in [-0.05, 0) is 30.2 Å². The van der Waals surface area contributed by atoms with Crippen molar-refractivity contribution in [3.8, 4) is 0 Å². The van der Waals surface area contributed by atoms with Crippen LogP contribution in [0.3, 0.4) is 0 Å². The van der Waals surface area contributed by atoms with Gasteiger partial charge < -0.3 is 10.3 Å². The fourth-order valence-corrected chi connectivity index (χ4v) is 1.67. The average Bonchev–Trinajstić information content (AvgIpc) is 2.69. The van der Waals surface area contributed by atoms with Crippen molar-refractivity contribution in [1.82, 2.24) is 10.1 Å². The van der Waals surface area contributed by atoms with Crippen molar-refractivity contribution in [2.45, 2.75) is 13.0 Å². The Bertz CT molecular complexity index is 456. The summed E-state index contributed by atoms with van der Waals surface area (Å²) in [6.45, 7) is 1.95. The maximum atomic E-state index is 5.98. The van der Waals surface area contributed by atoms with E-state index in [4.69, 9.17) is 17.3 Å². The fourth-order valence-electron chi connectivity index (χ4n) is 1.44. The molecule has 78 valence electrons. The van der Waals surface area contributed by atoms with Gasteiger partial charge in [-0.15, -0.1) is 0 Å². The minimum atomic E-state index is -0.374. The smallest absolute Gasteiger partial charge is 0.213 e. The molecule has 0 saturated heterocycles. The van der Waals surface area contributed by atoms with E-state index in [1.54, 1.807) is 6.07 Å². The molecule has 2 aromatic rings. The van der Waals surface area contributed by atoms with Crippen molar-refractivity contribution in [3.05, 3.63) is 46.6 Å². The lowest BCUT2D eigenvalue weighted by molar-refractivity contribution is 0.407. The Morgan fingerprint density at radius 1 is 1.47 bits per heavy atom. The van der Waals surface area contributed by atoms with Gasteiger partial charge in [0.1, 0.15) is 0 Å². The van der Waals surface area contributed by atoms with Gasteiger partial charge in [0.05, 0.1) is 6.04 Å². The van der Waals surface area contributed by atoms with Crippen LogP contribution < -0.4 is 5.73 Å². The molecule has 0 aliphatic carbocycles. The molecule has 1 aromatic heterocycles. The van der Waals surface area contributed by atoms with Gasteiger partial charge in [0.15, 0.2) is 5.82 Å². The Hall–Kier alpha value is -1.39. The molecule has 0 amide bonds. The lowest BCUT2D eigenvalue weighted by atomic mass is 10.0. The first-order chi connectivity index (χ1) is 7.18. The summed E-state index contributed by atoms with van der Waals surface area (Å²) in [6.07, 6.45) is 1.26. The predicted octanol–water partition coefficient (Wildman–Crippen LogP) is 2.08. The van der Waals surface area contributed by atoms with Crippen LogP contribution in [0.25, 0.3) is 0 Å². The molecule has 4 nitrogen and oxygen atoms in total. The number of nitrogens with two attached hydrogens (primary N) is 1. The molecule has 0 saturated carbocycles. The molecule has 0 fully saturated rings. The Labute approximate surface area is 92.0 Å². The van der Waals surface area contributed by atoms with Crippen molar-refractivity contribution < 1.29 is 4.52 Å². The van der Waals surface area contributed by atoms with Crippen LogP contribution in [0.1, 0.15) is 23.0 Å². The van der Waals surface area contributed by atoms with E-state index >= 15 is 0 Å². The van der Waals surface area contributed by atoms with E-state index in [1.165, 1.54) is 6.39 Å². The number of nitrogens with zero attached hydrogens (tertiary/aromatic N) is 2. The molecule has 2 N–H and O–H groups in total. The predicted molar refractivity (Wildman–Crippen MR) is 56.5 cm³/mol. The molecular formula is C10H10ClN3O. The number of hydrogen-bond acceptors (Lipinski definition) is 4. The van der Waals surface area contributed by atoms with Crippen LogP contribution in [0, 0.1) is 6.92 Å². The Kier molecular flexibility index (Phi) is 2.70. The minimum Gasteiger partial charge on any atom is -0.343 e. The van der Waals surface area contributed by atoms with Gasteiger partial charge in [-0.25, -0.2) is 0 Å². The SMILES string of the molecule is Cc1cc(Cl)ccc1C(N)c1ncon1. The van der Waals surface area contributed by atoms with Crippen LogP contribution in [0.2, 0.25) is 5.02 Å². The molecule has 15 heavy (non-hydrogen) atoms. The summed E-state index contributed by atoms with van der Waals surface area (Å²) in [5.41, 5.74) is 7.94. The highest BCUT2D eigenvalue weighted by Crippen LogP contribution is 2.22. The van der Waals surface area contributed by atoms with Crippen molar-refractivity contribution in [2.24, 2.45) is 5.73 Å². The molecule has 0 radical (unpaired) electrons. The van der Waals surface area contributed by atoms with Crippen molar-refractivity contribution >= 4 is 11.6 Å². The third-order valence-corrected chi connectivity index (χ3v) is 2.46. The highest BCUT2D eigenvalue weighted by molar-refractivity contribution is 6.30. The van der Waals surface area contributed by atoms with Crippen molar-refractivity contribution in [2.75, 3.05) is 0 Å². The Balaban J connectivity index is 2.38. The van der Waals surface area contributed by atoms with Crippen LogP contribution in [-0.2, 0) is 0 Å². The lowest BCUT2D eigenvalue weighted by Crippen LogP contribution is -2.14. The number of halogens is 1. The lowest BCUT2D eigenvalue weighted by Gasteiger charge is -2.10. The first-order valence-corrected chi connectivity index (χ1v) is 4.84. The summed E-state index contributed by atoms with van der Waals surface area (Å²) in [5.74, 6) is 0.473. The van der Waals surface area contributed by atoms with Crippen LogP contribution >= 0.6 is 11.6 Å². The third-order valence-electron chi connectivity index (χ3n) is 2.22. The van der Waals surface area contributed by atoms with Gasteiger partial charge in [-0.2, -0.15) is 4.98 Å². The van der Waals surface area contributed by atoms with Gasteiger partial charge in [-0.1, -0.05) is 22.8 Å². The second-order valence-corrected chi connectivity index (χ2v) is 3.70. The summed E-state index contributed by atoms with van der Waals surface area (Å²) in [4.78, 5) is 3.92. The van der Waals surface area contributed by atoms with Gasteiger partial charge in [0, 0.05) is 5.02 Å². The molecule has 1 unspecified atom stereocenters. The summed E-state index contributed by atoms with van der Waals surface area (Å²) in [7, 11) is 0. The van der Waals surface area contributed by atoms with Crippen LogP contribution in [-0.4, -0.2) is 10.1 Å². The maximum absolute atomic E-state index is 5.98. The third kappa shape index (κ3) is 2.00. The summed E-state index contributed by atoms with van der Waals surface area (Å²) < 4.78 is 4.65. The van der Waals surface area contributed by atoms with Gasteiger partial charge in [0.25, 0.3) is 0 Å². The van der Waals surface area contributed by atoms with Crippen LogP contribution in [0.5, 0.6) is 0 Å². The quantitative estimate of drug-likeness (QED) is 0.847. The zero-order chi connectivity index (χ0) is 10.8. The number of aryl methyl sites for hydroxylation is 1. The van der Waals surface area contributed by atoms with Crippen LogP contribution in [0.15, 0.2) is 29.1 Å². The fraction of sp³-hybridized carbons (Fsp3) is 0.200. The van der Waals surface area contributed by atoms with Gasteiger partial charge >= 0.3 is 0 Å². The largest absolute Gasteiger partial charge is 0.343 e. The molecule has 0 aliphatic heterocycles. The molecule has 1 atom stereocenters. The van der Waals surface area contributed by atoms with E-state index in [0.29, 0.717) is 10.8 Å². The number of aromatic nitrogens is 2. The molecule has 0 aliphatic rings. The summed E-state index contributed by atoms with van der Waals surface area (Å²) >= 11 is 5.86. The second kappa shape index (κ2) is 4.00. The zero-order valence-electron chi connectivity index (χ0n) is 8.14. The molecule has 2 rings (SSSR count). The molecule has 1 heterocycles. The van der Waals surface area contributed by atoms with E-state index < -0.39 is 0 Å². The van der Waals surface area contributed by atoms with E-state index in [2.05, 4.69) is 14.7 Å². The molecule has 0 spiro atoms. The number of hydrogen-bond donors (Lipinski definition) is 1. The highest BCUT2D eigenvalue weighted by atomic mass is 35.5. The normalized spacial score (nSPS) is 12.7. The number of benzene rings is 1. The van der Waals surface area contributed by atoms with E-state index in [9.17, 15) is 0 Å². The molecule has 0 bridgehead atoms.